The summed E-state index contributed by atoms with van der Waals surface area (Å²) in [6.07, 6.45) is 2.03. The number of benzene rings is 2. The number of likely N-dealkylation sites (tertiary alicyclic amines) is 1. The summed E-state index contributed by atoms with van der Waals surface area (Å²) in [6.45, 7) is 5.24. The maximum Gasteiger partial charge on any atom is 0.240 e. The highest BCUT2D eigenvalue weighted by molar-refractivity contribution is 7.89. The first-order valence-corrected chi connectivity index (χ1v) is 13.3. The van der Waals surface area contributed by atoms with Crippen molar-refractivity contribution >= 4 is 21.4 Å². The van der Waals surface area contributed by atoms with Gasteiger partial charge in [0.05, 0.1) is 10.6 Å². The number of hydrogen-bond donors (Lipinski definition) is 1. The molecule has 33 heavy (non-hydrogen) atoms. The molecule has 2 heterocycles. The molecule has 1 aliphatic rings. The fourth-order valence-electron chi connectivity index (χ4n) is 3.88. The van der Waals surface area contributed by atoms with Crippen LogP contribution in [-0.4, -0.2) is 37.9 Å². The lowest BCUT2D eigenvalue weighted by atomic mass is 9.98. The quantitative estimate of drug-likeness (QED) is 0.484. The molecular formula is C24H28FN3O3S2. The molecule has 1 aliphatic heterocycles. The molecule has 2 aromatic carbocycles. The van der Waals surface area contributed by atoms with Crippen molar-refractivity contribution in [2.75, 3.05) is 19.6 Å². The van der Waals surface area contributed by atoms with Crippen LogP contribution in [-0.2, 0) is 23.2 Å². The molecule has 0 saturated carbocycles. The summed E-state index contributed by atoms with van der Waals surface area (Å²) in [5.74, 6) is 0.584. The molecule has 1 saturated heterocycles. The van der Waals surface area contributed by atoms with E-state index in [4.69, 9.17) is 4.74 Å². The molecule has 3 aromatic rings. The molecule has 0 amide bonds. The first-order chi connectivity index (χ1) is 15.9. The van der Waals surface area contributed by atoms with Crippen LogP contribution in [0.25, 0.3) is 0 Å². The largest absolute Gasteiger partial charge is 0.486 e. The minimum Gasteiger partial charge on any atom is -0.486 e. The summed E-state index contributed by atoms with van der Waals surface area (Å²) in [6, 6.07) is 12.9. The molecule has 4 rings (SSSR count). The number of nitrogens with one attached hydrogen (secondary N) is 1. The van der Waals surface area contributed by atoms with E-state index < -0.39 is 10.0 Å². The maximum atomic E-state index is 13.0. The van der Waals surface area contributed by atoms with E-state index in [2.05, 4.69) is 14.6 Å². The van der Waals surface area contributed by atoms with E-state index in [9.17, 15) is 12.8 Å². The number of halogens is 1. The van der Waals surface area contributed by atoms with Crippen LogP contribution in [0, 0.1) is 18.7 Å². The van der Waals surface area contributed by atoms with Crippen molar-refractivity contribution in [3.05, 3.63) is 76.0 Å². The van der Waals surface area contributed by atoms with Gasteiger partial charge in [0, 0.05) is 25.0 Å². The maximum absolute atomic E-state index is 13.0. The van der Waals surface area contributed by atoms with Crippen molar-refractivity contribution in [1.29, 1.82) is 0 Å². The van der Waals surface area contributed by atoms with Crippen LogP contribution in [0.15, 0.2) is 58.8 Å². The van der Waals surface area contributed by atoms with E-state index in [1.165, 1.54) is 12.1 Å². The van der Waals surface area contributed by atoms with E-state index in [1.807, 2.05) is 24.4 Å². The molecule has 0 spiro atoms. The molecule has 0 radical (unpaired) electrons. The van der Waals surface area contributed by atoms with Crippen LogP contribution in [0.3, 0.4) is 0 Å². The lowest BCUT2D eigenvalue weighted by molar-refractivity contribution is 0.167. The number of piperidine rings is 1. The molecule has 0 aliphatic carbocycles. The third-order valence-corrected chi connectivity index (χ3v) is 7.97. The van der Waals surface area contributed by atoms with Gasteiger partial charge in [-0.2, -0.15) is 0 Å². The first-order valence-electron chi connectivity index (χ1n) is 11.0. The van der Waals surface area contributed by atoms with Gasteiger partial charge in [0.25, 0.3) is 0 Å². The summed E-state index contributed by atoms with van der Waals surface area (Å²) in [4.78, 5) is 7.29. The minimum absolute atomic E-state index is 0.263. The van der Waals surface area contributed by atoms with Crippen LogP contribution >= 0.6 is 11.3 Å². The normalized spacial score (nSPS) is 17.2. The van der Waals surface area contributed by atoms with Gasteiger partial charge in [0.15, 0.2) is 0 Å². The molecule has 6 nitrogen and oxygen atoms in total. The second-order valence-corrected chi connectivity index (χ2v) is 11.1. The zero-order valence-electron chi connectivity index (χ0n) is 18.5. The van der Waals surface area contributed by atoms with Gasteiger partial charge < -0.3 is 4.74 Å². The monoisotopic (exact) mass is 489 g/mol. The van der Waals surface area contributed by atoms with Crippen molar-refractivity contribution in [2.45, 2.75) is 37.8 Å². The summed E-state index contributed by atoms with van der Waals surface area (Å²) in [7, 11) is -3.50. The van der Waals surface area contributed by atoms with E-state index in [-0.39, 0.29) is 11.7 Å². The second-order valence-electron chi connectivity index (χ2n) is 8.38. The van der Waals surface area contributed by atoms with Gasteiger partial charge in [-0.3, -0.25) is 4.90 Å². The number of hydrogen-bond acceptors (Lipinski definition) is 6. The second kappa shape index (κ2) is 10.7. The lowest BCUT2D eigenvalue weighted by Crippen LogP contribution is -2.40. The molecule has 1 unspecified atom stereocenters. The highest BCUT2D eigenvalue weighted by Crippen LogP contribution is 2.21. The summed E-state index contributed by atoms with van der Waals surface area (Å²) in [5.41, 5.74) is 2.02. The number of sulfonamides is 1. The lowest BCUT2D eigenvalue weighted by Gasteiger charge is -2.32. The van der Waals surface area contributed by atoms with Gasteiger partial charge in [-0.05, 0) is 68.6 Å². The van der Waals surface area contributed by atoms with Gasteiger partial charge in [-0.25, -0.2) is 22.5 Å². The summed E-state index contributed by atoms with van der Waals surface area (Å²) < 4.78 is 46.6. The topological polar surface area (TPSA) is 71.5 Å². The summed E-state index contributed by atoms with van der Waals surface area (Å²) >= 11 is 1.55. The van der Waals surface area contributed by atoms with Gasteiger partial charge in [-0.1, -0.05) is 17.7 Å². The molecule has 1 atom stereocenters. The van der Waals surface area contributed by atoms with Crippen molar-refractivity contribution in [2.24, 2.45) is 5.92 Å². The fraction of sp³-hybridized carbons (Fsp3) is 0.375. The van der Waals surface area contributed by atoms with E-state index >= 15 is 0 Å². The highest BCUT2D eigenvalue weighted by Gasteiger charge is 2.23. The SMILES string of the molecule is Cc1ccc(S(=O)(=O)NCC2CCCN(Cc3csc(COc4ccc(F)cc4)n3)C2)cc1. The van der Waals surface area contributed by atoms with Crippen LogP contribution in [0.1, 0.15) is 29.1 Å². The number of ether oxygens (including phenoxy) is 1. The van der Waals surface area contributed by atoms with Crippen molar-refractivity contribution < 1.29 is 17.5 Å². The molecule has 9 heteroatoms. The smallest absolute Gasteiger partial charge is 0.240 e. The van der Waals surface area contributed by atoms with Gasteiger partial charge in [-0.15, -0.1) is 11.3 Å². The standard InChI is InChI=1S/C24H28FN3O3S2/c1-18-4-10-23(11-5-18)33(29,30)26-13-19-3-2-12-28(14-19)15-21-17-32-24(27-21)16-31-22-8-6-20(25)7-9-22/h4-11,17,19,26H,2-3,12-16H2,1H3. The Morgan fingerprint density at radius 2 is 1.94 bits per heavy atom. The minimum atomic E-state index is -3.50. The van der Waals surface area contributed by atoms with Crippen LogP contribution < -0.4 is 9.46 Å². The van der Waals surface area contributed by atoms with Crippen LogP contribution in [0.2, 0.25) is 0 Å². The Balaban J connectivity index is 1.26. The molecular weight excluding hydrogens is 461 g/mol. The van der Waals surface area contributed by atoms with Crippen molar-refractivity contribution in [3.8, 4) is 5.75 Å². The average molecular weight is 490 g/mol. The Morgan fingerprint density at radius 1 is 1.18 bits per heavy atom. The predicted octanol–water partition coefficient (Wildman–Crippen LogP) is 4.36. The molecule has 1 aromatic heterocycles. The van der Waals surface area contributed by atoms with Gasteiger partial charge in [0.2, 0.25) is 10.0 Å². The van der Waals surface area contributed by atoms with Gasteiger partial charge >= 0.3 is 0 Å². The van der Waals surface area contributed by atoms with E-state index in [0.717, 1.165) is 48.7 Å². The predicted molar refractivity (Wildman–Crippen MR) is 127 cm³/mol. The number of nitrogens with zero attached hydrogens (tertiary/aromatic N) is 2. The Kier molecular flexibility index (Phi) is 7.75. The first kappa shape index (κ1) is 23.8. The van der Waals surface area contributed by atoms with Crippen molar-refractivity contribution in [3.63, 3.8) is 0 Å². The van der Waals surface area contributed by atoms with Crippen molar-refractivity contribution in [1.82, 2.24) is 14.6 Å². The van der Waals surface area contributed by atoms with Gasteiger partial charge in [0.1, 0.15) is 23.2 Å². The van der Waals surface area contributed by atoms with Crippen LogP contribution in [0.4, 0.5) is 4.39 Å². The zero-order valence-corrected chi connectivity index (χ0v) is 20.2. The zero-order chi connectivity index (χ0) is 23.3. The molecule has 176 valence electrons. The van der Waals surface area contributed by atoms with E-state index in [1.54, 1.807) is 35.6 Å². The average Bonchev–Trinajstić information content (AvgIpc) is 3.25. The fourth-order valence-corrected chi connectivity index (χ4v) is 5.70. The Morgan fingerprint density at radius 3 is 2.70 bits per heavy atom. The Hall–Kier alpha value is -2.33. The Labute approximate surface area is 198 Å². The number of thiazole rings is 1. The molecule has 1 fully saturated rings. The molecule has 1 N–H and O–H groups in total. The number of aryl methyl sites for hydroxylation is 1. The van der Waals surface area contributed by atoms with E-state index in [0.29, 0.717) is 23.8 Å². The molecule has 0 bridgehead atoms. The Bertz CT molecular complexity index is 1150. The number of aromatic nitrogens is 1. The highest BCUT2D eigenvalue weighted by atomic mass is 32.2. The summed E-state index contributed by atoms with van der Waals surface area (Å²) in [5, 5.41) is 2.90. The van der Waals surface area contributed by atoms with Crippen LogP contribution in [0.5, 0.6) is 5.75 Å². The third kappa shape index (κ3) is 6.83. The third-order valence-electron chi connectivity index (χ3n) is 5.66. The number of rotatable bonds is 9.